The Morgan fingerprint density at radius 3 is 2.66 bits per heavy atom. The molecule has 0 amide bonds. The molecule has 4 rings (SSSR count). The molecule has 1 aliphatic rings. The van der Waals surface area contributed by atoms with Gasteiger partial charge in [0, 0.05) is 20.1 Å². The molecule has 0 radical (unpaired) electrons. The lowest BCUT2D eigenvalue weighted by Crippen LogP contribution is -2.32. The third-order valence-corrected chi connectivity index (χ3v) is 6.02. The number of anilines is 1. The monoisotopic (exact) mass is 441 g/mol. The molecule has 0 spiro atoms. The van der Waals surface area contributed by atoms with Crippen LogP contribution in [0.4, 0.5) is 5.95 Å². The van der Waals surface area contributed by atoms with Crippen LogP contribution in [0.1, 0.15) is 38.2 Å². The van der Waals surface area contributed by atoms with Crippen molar-refractivity contribution in [3.8, 4) is 5.75 Å². The summed E-state index contributed by atoms with van der Waals surface area (Å²) in [5, 5.41) is 10.8. The Hall–Kier alpha value is -3.07. The summed E-state index contributed by atoms with van der Waals surface area (Å²) >= 11 is 0. The van der Waals surface area contributed by atoms with E-state index < -0.39 is 17.4 Å². The van der Waals surface area contributed by atoms with Crippen molar-refractivity contribution in [3.63, 3.8) is 0 Å². The van der Waals surface area contributed by atoms with Crippen LogP contribution in [0.5, 0.6) is 5.75 Å². The van der Waals surface area contributed by atoms with Crippen LogP contribution in [0, 0.1) is 0 Å². The summed E-state index contributed by atoms with van der Waals surface area (Å²) in [6.07, 6.45) is 4.43. The van der Waals surface area contributed by atoms with Gasteiger partial charge in [0.1, 0.15) is 18.5 Å². The van der Waals surface area contributed by atoms with Gasteiger partial charge in [0.25, 0.3) is 5.56 Å². The molecule has 0 saturated carbocycles. The van der Waals surface area contributed by atoms with E-state index in [9.17, 15) is 14.7 Å². The van der Waals surface area contributed by atoms with Gasteiger partial charge in [0.05, 0.1) is 6.54 Å². The minimum atomic E-state index is -0.861. The number of hydrogen-bond donors (Lipinski definition) is 2. The van der Waals surface area contributed by atoms with Crippen molar-refractivity contribution in [3.05, 3.63) is 50.7 Å². The number of imidazole rings is 1. The fraction of sp³-hybridized carbons (Fsp3) is 0.522. The van der Waals surface area contributed by atoms with Gasteiger partial charge < -0.3 is 19.3 Å². The maximum absolute atomic E-state index is 12.7. The summed E-state index contributed by atoms with van der Waals surface area (Å²) in [5.41, 5.74) is 0.767. The number of hydrogen-bond acceptors (Lipinski definition) is 6. The minimum Gasteiger partial charge on any atom is -0.491 e. The Kier molecular flexibility index (Phi) is 6.64. The number of fused-ring (bicyclic) bond motifs is 1. The first-order valence-corrected chi connectivity index (χ1v) is 11.3. The molecule has 9 heteroatoms. The average molecular weight is 442 g/mol. The maximum Gasteiger partial charge on any atom is 0.329 e. The third kappa shape index (κ3) is 4.57. The van der Waals surface area contributed by atoms with E-state index in [4.69, 9.17) is 4.74 Å². The topological polar surface area (TPSA) is 105 Å². The number of aliphatic hydroxyl groups is 1. The highest BCUT2D eigenvalue weighted by Crippen LogP contribution is 2.23. The molecule has 9 nitrogen and oxygen atoms in total. The molecule has 32 heavy (non-hydrogen) atoms. The van der Waals surface area contributed by atoms with Gasteiger partial charge in [-0.1, -0.05) is 31.9 Å². The van der Waals surface area contributed by atoms with E-state index in [1.54, 1.807) is 11.6 Å². The fourth-order valence-corrected chi connectivity index (χ4v) is 4.22. The average Bonchev–Trinajstić information content (AvgIpc) is 2.96. The smallest absolute Gasteiger partial charge is 0.329 e. The number of nitrogens with one attached hydrogen (secondary N) is 1. The Balaban J connectivity index is 1.64. The molecular formula is C23H31N5O4. The van der Waals surface area contributed by atoms with Crippen LogP contribution < -0.4 is 20.9 Å². The van der Waals surface area contributed by atoms with Crippen molar-refractivity contribution < 1.29 is 9.84 Å². The number of aromatic nitrogens is 4. The Bertz CT molecular complexity index is 1190. The Morgan fingerprint density at radius 2 is 1.94 bits per heavy atom. The van der Waals surface area contributed by atoms with Crippen molar-refractivity contribution in [2.45, 2.75) is 51.7 Å². The van der Waals surface area contributed by atoms with Crippen LogP contribution in [0.2, 0.25) is 0 Å². The van der Waals surface area contributed by atoms with Crippen molar-refractivity contribution in [2.24, 2.45) is 7.05 Å². The van der Waals surface area contributed by atoms with Gasteiger partial charge >= 0.3 is 5.69 Å². The number of aryl methyl sites for hydroxylation is 2. The van der Waals surface area contributed by atoms with Gasteiger partial charge in [-0.3, -0.25) is 14.3 Å². The Morgan fingerprint density at radius 1 is 1.19 bits per heavy atom. The summed E-state index contributed by atoms with van der Waals surface area (Å²) in [5.74, 6) is 1.31. The van der Waals surface area contributed by atoms with Crippen LogP contribution in [0.25, 0.3) is 11.2 Å². The van der Waals surface area contributed by atoms with E-state index in [1.807, 2.05) is 24.3 Å². The van der Waals surface area contributed by atoms with Crippen LogP contribution in [-0.4, -0.2) is 50.0 Å². The number of benzene rings is 1. The van der Waals surface area contributed by atoms with Crippen molar-refractivity contribution in [2.75, 3.05) is 24.6 Å². The standard InChI is InChI=1S/C23H31N5O4/c1-3-16-9-8-10-18(13-16)32-15-17(29)14-28-19-20(26(2)23(31)25-21(19)30)24-22(28)27-11-6-4-5-7-12-27/h8-10,13,17,29H,3-7,11-12,14-15H2,1-2H3,(H,25,30,31)/t17-/m0/s1. The van der Waals surface area contributed by atoms with Crippen molar-refractivity contribution in [1.82, 2.24) is 19.1 Å². The largest absolute Gasteiger partial charge is 0.491 e. The third-order valence-electron chi connectivity index (χ3n) is 6.02. The highest BCUT2D eigenvalue weighted by atomic mass is 16.5. The van der Waals surface area contributed by atoms with Gasteiger partial charge in [-0.2, -0.15) is 4.98 Å². The highest BCUT2D eigenvalue weighted by molar-refractivity contribution is 5.74. The zero-order chi connectivity index (χ0) is 22.7. The predicted molar refractivity (Wildman–Crippen MR) is 124 cm³/mol. The molecule has 1 aromatic carbocycles. The number of rotatable bonds is 7. The van der Waals surface area contributed by atoms with E-state index in [2.05, 4.69) is 21.8 Å². The first kappa shape index (κ1) is 22.1. The maximum atomic E-state index is 12.7. The summed E-state index contributed by atoms with van der Waals surface area (Å²) in [7, 11) is 1.59. The molecule has 1 aliphatic heterocycles. The second-order valence-electron chi connectivity index (χ2n) is 8.38. The van der Waals surface area contributed by atoms with Crippen LogP contribution in [0.3, 0.4) is 0 Å². The lowest BCUT2D eigenvalue weighted by molar-refractivity contribution is 0.0936. The molecule has 1 saturated heterocycles. The predicted octanol–water partition coefficient (Wildman–Crippen LogP) is 1.81. The molecule has 3 heterocycles. The lowest BCUT2D eigenvalue weighted by Gasteiger charge is -2.23. The minimum absolute atomic E-state index is 0.0793. The van der Waals surface area contributed by atoms with E-state index in [1.165, 1.54) is 4.57 Å². The van der Waals surface area contributed by atoms with Crippen LogP contribution >= 0.6 is 0 Å². The molecular weight excluding hydrogens is 410 g/mol. The summed E-state index contributed by atoms with van der Waals surface area (Å²) < 4.78 is 8.88. The highest BCUT2D eigenvalue weighted by Gasteiger charge is 2.24. The first-order valence-electron chi connectivity index (χ1n) is 11.3. The normalized spacial score (nSPS) is 15.7. The van der Waals surface area contributed by atoms with Gasteiger partial charge in [0.2, 0.25) is 5.95 Å². The molecule has 0 bridgehead atoms. The zero-order valence-corrected chi connectivity index (χ0v) is 18.7. The molecule has 0 aliphatic carbocycles. The quantitative estimate of drug-likeness (QED) is 0.579. The number of H-pyrrole nitrogens is 1. The molecule has 1 atom stereocenters. The molecule has 2 aromatic heterocycles. The molecule has 1 fully saturated rings. The lowest BCUT2D eigenvalue weighted by atomic mass is 10.2. The Labute approximate surface area is 186 Å². The van der Waals surface area contributed by atoms with E-state index in [0.29, 0.717) is 22.9 Å². The van der Waals surface area contributed by atoms with E-state index in [0.717, 1.165) is 50.8 Å². The van der Waals surface area contributed by atoms with Crippen LogP contribution in [0.15, 0.2) is 33.9 Å². The molecule has 3 aromatic rings. The molecule has 172 valence electrons. The van der Waals surface area contributed by atoms with Gasteiger partial charge in [-0.15, -0.1) is 0 Å². The number of nitrogens with zero attached hydrogens (tertiary/aromatic N) is 4. The second-order valence-corrected chi connectivity index (χ2v) is 8.38. The van der Waals surface area contributed by atoms with Gasteiger partial charge in [0.15, 0.2) is 11.2 Å². The van der Waals surface area contributed by atoms with E-state index in [-0.39, 0.29) is 13.2 Å². The summed E-state index contributed by atoms with van der Waals surface area (Å²) in [6.45, 7) is 3.94. The first-order chi connectivity index (χ1) is 15.5. The van der Waals surface area contributed by atoms with Crippen molar-refractivity contribution >= 4 is 17.1 Å². The summed E-state index contributed by atoms with van der Waals surface area (Å²) in [6, 6.07) is 7.79. The number of aromatic amines is 1. The van der Waals surface area contributed by atoms with Crippen molar-refractivity contribution in [1.29, 1.82) is 0 Å². The van der Waals surface area contributed by atoms with E-state index >= 15 is 0 Å². The molecule has 2 N–H and O–H groups in total. The fourth-order valence-electron chi connectivity index (χ4n) is 4.22. The molecule has 0 unspecified atom stereocenters. The zero-order valence-electron chi connectivity index (χ0n) is 18.7. The summed E-state index contributed by atoms with van der Waals surface area (Å²) in [4.78, 5) is 34.0. The van der Waals surface area contributed by atoms with Gasteiger partial charge in [-0.25, -0.2) is 4.79 Å². The second kappa shape index (κ2) is 9.60. The SMILES string of the molecule is CCc1cccc(OC[C@@H](O)Cn2c(N3CCCCCC3)nc3c2c(=O)[nH]c(=O)n3C)c1. The number of aliphatic hydroxyl groups excluding tert-OH is 1. The van der Waals surface area contributed by atoms with Gasteiger partial charge in [-0.05, 0) is 37.0 Å². The van der Waals surface area contributed by atoms with Crippen LogP contribution in [-0.2, 0) is 20.0 Å². The number of ether oxygens (including phenoxy) is 1.